The van der Waals surface area contributed by atoms with Crippen molar-refractivity contribution in [1.29, 1.82) is 0 Å². The van der Waals surface area contributed by atoms with Crippen molar-refractivity contribution in [3.63, 3.8) is 0 Å². The van der Waals surface area contributed by atoms with Crippen LogP contribution >= 0.6 is 0 Å². The maximum absolute atomic E-state index is 12.6. The summed E-state index contributed by atoms with van der Waals surface area (Å²) in [5, 5.41) is 3.26. The fraction of sp³-hybridized carbons (Fsp3) is 0.722. The fourth-order valence-electron chi connectivity index (χ4n) is 3.84. The first kappa shape index (κ1) is 17.1. The molecule has 1 N–H and O–H groups in total. The van der Waals surface area contributed by atoms with Crippen LogP contribution in [0.4, 0.5) is 5.82 Å². The Hall–Kier alpha value is -1.69. The molecule has 1 aromatic rings. The van der Waals surface area contributed by atoms with Crippen molar-refractivity contribution in [1.82, 2.24) is 15.3 Å². The van der Waals surface area contributed by atoms with Crippen LogP contribution in [0, 0.1) is 11.3 Å². The van der Waals surface area contributed by atoms with E-state index in [2.05, 4.69) is 41.0 Å². The van der Waals surface area contributed by atoms with Crippen LogP contribution in [-0.2, 0) is 9.53 Å². The molecule has 0 unspecified atom stereocenters. The molecule has 1 aromatic heterocycles. The van der Waals surface area contributed by atoms with Crippen LogP contribution in [0.15, 0.2) is 18.6 Å². The molecule has 2 aliphatic rings. The number of nitrogens with one attached hydrogen (secondary N) is 1. The van der Waals surface area contributed by atoms with E-state index in [1.807, 2.05) is 0 Å². The summed E-state index contributed by atoms with van der Waals surface area (Å²) in [6, 6.07) is 0.188. The highest BCUT2D eigenvalue weighted by molar-refractivity contribution is 5.79. The SMILES string of the molecule is CO[C@@]1(C)C[C@@H](NC(=O)C2CCN(c3cnccn3)CC2)C1(C)C. The van der Waals surface area contributed by atoms with Crippen LogP contribution < -0.4 is 10.2 Å². The van der Waals surface area contributed by atoms with Crippen LogP contribution in [0.25, 0.3) is 0 Å². The molecule has 0 radical (unpaired) electrons. The maximum atomic E-state index is 12.6. The van der Waals surface area contributed by atoms with Gasteiger partial charge in [-0.15, -0.1) is 0 Å². The minimum absolute atomic E-state index is 0.0439. The van der Waals surface area contributed by atoms with E-state index >= 15 is 0 Å². The number of piperidine rings is 1. The van der Waals surface area contributed by atoms with Crippen LogP contribution in [0.3, 0.4) is 0 Å². The molecular weight excluding hydrogens is 304 g/mol. The summed E-state index contributed by atoms with van der Waals surface area (Å²) in [6.07, 6.45) is 7.76. The second kappa shape index (κ2) is 6.31. The van der Waals surface area contributed by atoms with E-state index in [9.17, 15) is 4.79 Å². The van der Waals surface area contributed by atoms with Gasteiger partial charge in [0.1, 0.15) is 5.82 Å². The Bertz CT molecular complexity index is 584. The zero-order chi connectivity index (χ0) is 17.4. The molecular formula is C18H28N4O2. The number of hydrogen-bond acceptors (Lipinski definition) is 5. The number of amides is 1. The minimum Gasteiger partial charge on any atom is -0.378 e. The first-order chi connectivity index (χ1) is 11.4. The summed E-state index contributed by atoms with van der Waals surface area (Å²) in [5.41, 5.74) is -0.196. The standard InChI is InChI=1S/C18H28N4O2/c1-17(2)14(11-18(17,3)24-4)21-16(23)13-5-9-22(10-6-13)15-12-19-7-8-20-15/h7-8,12-14H,5-6,9-11H2,1-4H3,(H,21,23)/t14-,18+/m1/s1. The van der Waals surface area contributed by atoms with Crippen LogP contribution in [0.5, 0.6) is 0 Å². The van der Waals surface area contributed by atoms with Gasteiger partial charge in [-0.05, 0) is 26.2 Å². The van der Waals surface area contributed by atoms with Gasteiger partial charge in [-0.1, -0.05) is 13.8 Å². The smallest absolute Gasteiger partial charge is 0.223 e. The molecule has 6 heteroatoms. The van der Waals surface area contributed by atoms with Gasteiger partial charge in [0.05, 0.1) is 11.8 Å². The summed E-state index contributed by atoms with van der Waals surface area (Å²) in [4.78, 5) is 23.3. The molecule has 1 saturated heterocycles. The van der Waals surface area contributed by atoms with Crippen molar-refractivity contribution in [2.75, 3.05) is 25.1 Å². The van der Waals surface area contributed by atoms with Crippen molar-refractivity contribution in [3.8, 4) is 0 Å². The topological polar surface area (TPSA) is 67.3 Å². The van der Waals surface area contributed by atoms with Crippen molar-refractivity contribution < 1.29 is 9.53 Å². The lowest BCUT2D eigenvalue weighted by Crippen LogP contribution is -2.69. The predicted octanol–water partition coefficient (Wildman–Crippen LogP) is 2.01. The third-order valence-corrected chi connectivity index (χ3v) is 6.33. The number of hydrogen-bond donors (Lipinski definition) is 1. The van der Waals surface area contributed by atoms with Crippen LogP contribution in [0.2, 0.25) is 0 Å². The molecule has 2 fully saturated rings. The first-order valence-electron chi connectivity index (χ1n) is 8.74. The summed E-state index contributed by atoms with van der Waals surface area (Å²) in [5.74, 6) is 1.17. The van der Waals surface area contributed by atoms with E-state index < -0.39 is 0 Å². The molecule has 24 heavy (non-hydrogen) atoms. The molecule has 6 nitrogen and oxygen atoms in total. The van der Waals surface area contributed by atoms with Gasteiger partial charge in [0.2, 0.25) is 5.91 Å². The van der Waals surface area contributed by atoms with Gasteiger partial charge in [0, 0.05) is 50.0 Å². The first-order valence-corrected chi connectivity index (χ1v) is 8.74. The van der Waals surface area contributed by atoms with Gasteiger partial charge in [-0.25, -0.2) is 4.98 Å². The van der Waals surface area contributed by atoms with E-state index in [0.29, 0.717) is 0 Å². The van der Waals surface area contributed by atoms with Crippen molar-refractivity contribution in [2.45, 2.75) is 51.7 Å². The highest BCUT2D eigenvalue weighted by atomic mass is 16.5. The lowest BCUT2D eigenvalue weighted by atomic mass is 9.55. The minimum atomic E-state index is -0.152. The molecule has 1 aliphatic carbocycles. The highest BCUT2D eigenvalue weighted by Gasteiger charge is 2.58. The summed E-state index contributed by atoms with van der Waals surface area (Å²) in [7, 11) is 1.75. The Kier molecular flexibility index (Phi) is 4.51. The number of methoxy groups -OCH3 is 1. The van der Waals surface area contributed by atoms with Crippen LogP contribution in [0.1, 0.15) is 40.0 Å². The van der Waals surface area contributed by atoms with Crippen molar-refractivity contribution in [3.05, 3.63) is 18.6 Å². The molecule has 0 aromatic carbocycles. The lowest BCUT2D eigenvalue weighted by molar-refractivity contribution is -0.183. The predicted molar refractivity (Wildman–Crippen MR) is 92.7 cm³/mol. The van der Waals surface area contributed by atoms with E-state index in [1.165, 1.54) is 0 Å². The van der Waals surface area contributed by atoms with E-state index in [0.717, 1.165) is 38.2 Å². The monoisotopic (exact) mass is 332 g/mol. The number of ether oxygens (including phenoxy) is 1. The highest BCUT2D eigenvalue weighted by Crippen LogP contribution is 2.51. The Morgan fingerprint density at radius 3 is 2.54 bits per heavy atom. The average Bonchev–Trinajstić information content (AvgIpc) is 2.62. The number of nitrogens with zero attached hydrogens (tertiary/aromatic N) is 3. The molecule has 0 bridgehead atoms. The summed E-state index contributed by atoms with van der Waals surface area (Å²) in [6.45, 7) is 8.15. The number of carbonyl (C=O) groups is 1. The van der Waals surface area contributed by atoms with Gasteiger partial charge < -0.3 is 15.0 Å². The number of aromatic nitrogens is 2. The maximum Gasteiger partial charge on any atom is 0.223 e. The Morgan fingerprint density at radius 2 is 2.00 bits per heavy atom. The van der Waals surface area contributed by atoms with Gasteiger partial charge in [0.15, 0.2) is 0 Å². The average molecular weight is 332 g/mol. The number of anilines is 1. The molecule has 0 spiro atoms. The third-order valence-electron chi connectivity index (χ3n) is 6.33. The molecule has 1 saturated carbocycles. The van der Waals surface area contributed by atoms with Crippen LogP contribution in [-0.4, -0.2) is 47.7 Å². The zero-order valence-electron chi connectivity index (χ0n) is 15.1. The largest absolute Gasteiger partial charge is 0.378 e. The quantitative estimate of drug-likeness (QED) is 0.913. The fourth-order valence-corrected chi connectivity index (χ4v) is 3.84. The van der Waals surface area contributed by atoms with Crippen molar-refractivity contribution in [2.24, 2.45) is 11.3 Å². The Balaban J connectivity index is 1.52. The Morgan fingerprint density at radius 1 is 1.29 bits per heavy atom. The molecule has 3 rings (SSSR count). The summed E-state index contributed by atoms with van der Waals surface area (Å²) < 4.78 is 5.64. The normalized spacial score (nSPS) is 29.8. The second-order valence-corrected chi connectivity index (χ2v) is 7.75. The van der Waals surface area contributed by atoms with Gasteiger partial charge in [0.25, 0.3) is 0 Å². The zero-order valence-corrected chi connectivity index (χ0v) is 15.1. The number of rotatable bonds is 4. The van der Waals surface area contributed by atoms with Gasteiger partial charge in [-0.2, -0.15) is 0 Å². The molecule has 2 atom stereocenters. The third kappa shape index (κ3) is 2.88. The van der Waals surface area contributed by atoms with Crippen molar-refractivity contribution >= 4 is 11.7 Å². The van der Waals surface area contributed by atoms with Gasteiger partial charge in [-0.3, -0.25) is 9.78 Å². The van der Waals surface area contributed by atoms with E-state index in [-0.39, 0.29) is 28.9 Å². The Labute approximate surface area is 144 Å². The lowest BCUT2D eigenvalue weighted by Gasteiger charge is -2.59. The van der Waals surface area contributed by atoms with Gasteiger partial charge >= 0.3 is 0 Å². The number of carbonyl (C=O) groups excluding carboxylic acids is 1. The van der Waals surface area contributed by atoms with E-state index in [1.54, 1.807) is 25.7 Å². The molecule has 2 heterocycles. The molecule has 1 aliphatic heterocycles. The van der Waals surface area contributed by atoms with E-state index in [4.69, 9.17) is 4.74 Å². The molecule has 1 amide bonds. The summed E-state index contributed by atoms with van der Waals surface area (Å²) >= 11 is 0. The molecule has 132 valence electrons. The second-order valence-electron chi connectivity index (χ2n) is 7.75.